The van der Waals surface area contributed by atoms with E-state index in [1.165, 1.54) is 53.2 Å². The van der Waals surface area contributed by atoms with Crippen LogP contribution in [0.5, 0.6) is 0 Å². The van der Waals surface area contributed by atoms with Gasteiger partial charge in [0.15, 0.2) is 0 Å². The molecule has 6 aromatic carbocycles. The van der Waals surface area contributed by atoms with Gasteiger partial charge in [0, 0.05) is 37.1 Å². The third-order valence-electron chi connectivity index (χ3n) is 9.00. The molecular formula is C40H23N3S. The lowest BCUT2D eigenvalue weighted by molar-refractivity contribution is 1.31. The van der Waals surface area contributed by atoms with Gasteiger partial charge >= 0.3 is 0 Å². The second-order valence-electron chi connectivity index (χ2n) is 11.4. The van der Waals surface area contributed by atoms with Crippen molar-refractivity contribution in [1.82, 2.24) is 14.4 Å². The second-order valence-corrected chi connectivity index (χ2v) is 12.5. The highest BCUT2D eigenvalue weighted by atomic mass is 32.1. The van der Waals surface area contributed by atoms with Gasteiger partial charge in [-0.2, -0.15) is 0 Å². The van der Waals surface area contributed by atoms with Crippen LogP contribution < -0.4 is 0 Å². The molecule has 4 heterocycles. The van der Waals surface area contributed by atoms with E-state index < -0.39 is 0 Å². The SMILES string of the molecule is c1cc(-c2ccc3c(c2)c2ccc4cccnc4c2c2nc4ccccc4n32)cc(-c2cccc3c2sc2ccccc23)c1. The molecule has 0 aliphatic heterocycles. The maximum atomic E-state index is 5.13. The summed E-state index contributed by atoms with van der Waals surface area (Å²) in [4.78, 5) is 9.98. The first-order valence-corrected chi connectivity index (χ1v) is 15.6. The average Bonchev–Trinajstić information content (AvgIpc) is 3.67. The second kappa shape index (κ2) is 8.96. The third kappa shape index (κ3) is 3.31. The number of pyridine rings is 2. The fourth-order valence-electron chi connectivity index (χ4n) is 7.00. The number of aromatic nitrogens is 3. The van der Waals surface area contributed by atoms with Crippen molar-refractivity contribution >= 4 is 80.8 Å². The number of thiophene rings is 1. The molecule has 0 aliphatic rings. The number of fused-ring (bicyclic) bond motifs is 13. The first-order chi connectivity index (χ1) is 21.8. The minimum Gasteiger partial charge on any atom is -0.292 e. The first-order valence-electron chi connectivity index (χ1n) is 14.8. The van der Waals surface area contributed by atoms with Gasteiger partial charge in [-0.15, -0.1) is 11.3 Å². The minimum atomic E-state index is 0.948. The highest BCUT2D eigenvalue weighted by Gasteiger charge is 2.17. The molecule has 4 heteroatoms. The topological polar surface area (TPSA) is 30.2 Å². The van der Waals surface area contributed by atoms with E-state index in [2.05, 4.69) is 132 Å². The number of benzene rings is 6. The van der Waals surface area contributed by atoms with Crippen LogP contribution >= 0.6 is 11.3 Å². The number of imidazole rings is 1. The van der Waals surface area contributed by atoms with Gasteiger partial charge in [-0.25, -0.2) is 4.98 Å². The van der Waals surface area contributed by atoms with Crippen LogP contribution in [0, 0.1) is 0 Å². The predicted octanol–water partition coefficient (Wildman–Crippen LogP) is 11.0. The Morgan fingerprint density at radius 2 is 1.39 bits per heavy atom. The summed E-state index contributed by atoms with van der Waals surface area (Å²) in [7, 11) is 0. The average molecular weight is 578 g/mol. The minimum absolute atomic E-state index is 0.948. The van der Waals surface area contributed by atoms with Crippen molar-refractivity contribution in [3.63, 3.8) is 0 Å². The van der Waals surface area contributed by atoms with Gasteiger partial charge in [0.2, 0.25) is 0 Å². The molecule has 0 unspecified atom stereocenters. The van der Waals surface area contributed by atoms with E-state index in [1.807, 2.05) is 23.6 Å². The molecule has 4 aromatic heterocycles. The van der Waals surface area contributed by atoms with Crippen LogP contribution in [0.25, 0.3) is 91.7 Å². The molecule has 0 radical (unpaired) electrons. The maximum absolute atomic E-state index is 5.13. The fraction of sp³-hybridized carbons (Fsp3) is 0. The standard InChI is InChI=1S/C40H23N3S/c1-4-16-36-29(11-1)31-13-6-12-28(39(31)44-36)27-9-5-8-25(22-27)26-18-20-34-32(23-26)30-19-17-24-10-7-21-41-38(24)37(30)40-42-33-14-2-3-15-35(33)43(34)40/h1-23H. The molecule has 0 amide bonds. The van der Waals surface area contributed by atoms with E-state index in [1.54, 1.807) is 0 Å². The van der Waals surface area contributed by atoms with Gasteiger partial charge in [0.25, 0.3) is 0 Å². The molecule has 10 rings (SSSR count). The van der Waals surface area contributed by atoms with Crippen molar-refractivity contribution in [1.29, 1.82) is 0 Å². The summed E-state index contributed by atoms with van der Waals surface area (Å²) < 4.78 is 4.97. The zero-order valence-electron chi connectivity index (χ0n) is 23.5. The first kappa shape index (κ1) is 23.9. The van der Waals surface area contributed by atoms with Crippen LogP contribution in [0.4, 0.5) is 0 Å². The Kier molecular flexibility index (Phi) is 4.87. The maximum Gasteiger partial charge on any atom is 0.148 e. The Bertz CT molecular complexity index is 2790. The Morgan fingerprint density at radius 1 is 0.545 bits per heavy atom. The van der Waals surface area contributed by atoms with Gasteiger partial charge in [-0.05, 0) is 70.1 Å². The Hall–Kier alpha value is -5.58. The van der Waals surface area contributed by atoms with Crippen LogP contribution in [-0.4, -0.2) is 14.4 Å². The summed E-state index contributed by atoms with van der Waals surface area (Å²) in [5.74, 6) is 0. The predicted molar refractivity (Wildman–Crippen MR) is 187 cm³/mol. The van der Waals surface area contributed by atoms with E-state index in [0.29, 0.717) is 0 Å². The Balaban J connectivity index is 1.24. The van der Waals surface area contributed by atoms with E-state index in [0.717, 1.165) is 38.5 Å². The molecule has 0 fully saturated rings. The zero-order valence-corrected chi connectivity index (χ0v) is 24.3. The van der Waals surface area contributed by atoms with Crippen LogP contribution in [-0.2, 0) is 0 Å². The van der Waals surface area contributed by atoms with Gasteiger partial charge in [0.1, 0.15) is 5.65 Å². The number of hydrogen-bond donors (Lipinski definition) is 0. The molecule has 44 heavy (non-hydrogen) atoms. The van der Waals surface area contributed by atoms with Crippen molar-refractivity contribution in [3.8, 4) is 22.3 Å². The summed E-state index contributed by atoms with van der Waals surface area (Å²) >= 11 is 1.88. The molecule has 10 aromatic rings. The van der Waals surface area contributed by atoms with Crippen molar-refractivity contribution < 1.29 is 0 Å². The zero-order chi connectivity index (χ0) is 28.8. The molecule has 0 saturated heterocycles. The summed E-state index contributed by atoms with van der Waals surface area (Å²) in [6.07, 6.45) is 1.88. The molecule has 0 atom stereocenters. The lowest BCUT2D eigenvalue weighted by Crippen LogP contribution is -1.94. The van der Waals surface area contributed by atoms with E-state index in [4.69, 9.17) is 9.97 Å². The Morgan fingerprint density at radius 3 is 2.39 bits per heavy atom. The normalized spacial score (nSPS) is 12.1. The number of nitrogens with zero attached hydrogens (tertiary/aromatic N) is 3. The van der Waals surface area contributed by atoms with Gasteiger partial charge < -0.3 is 0 Å². The molecule has 0 aliphatic carbocycles. The van der Waals surface area contributed by atoms with E-state index >= 15 is 0 Å². The monoisotopic (exact) mass is 577 g/mol. The van der Waals surface area contributed by atoms with Crippen molar-refractivity contribution in [2.75, 3.05) is 0 Å². The lowest BCUT2D eigenvalue weighted by atomic mass is 9.95. The smallest absolute Gasteiger partial charge is 0.148 e. The summed E-state index contributed by atoms with van der Waals surface area (Å²) in [6, 6.07) is 48.2. The van der Waals surface area contributed by atoms with Crippen LogP contribution in [0.3, 0.4) is 0 Å². The van der Waals surface area contributed by atoms with Crippen molar-refractivity contribution in [2.45, 2.75) is 0 Å². The summed E-state index contributed by atoms with van der Waals surface area (Å²) in [5, 5.41) is 7.22. The highest BCUT2D eigenvalue weighted by molar-refractivity contribution is 7.26. The van der Waals surface area contributed by atoms with E-state index in [9.17, 15) is 0 Å². The third-order valence-corrected chi connectivity index (χ3v) is 10.2. The van der Waals surface area contributed by atoms with Gasteiger partial charge in [-0.3, -0.25) is 9.38 Å². The lowest BCUT2D eigenvalue weighted by Gasteiger charge is -2.13. The van der Waals surface area contributed by atoms with Crippen LogP contribution in [0.15, 0.2) is 140 Å². The van der Waals surface area contributed by atoms with Crippen LogP contribution in [0.2, 0.25) is 0 Å². The molecular weight excluding hydrogens is 555 g/mol. The van der Waals surface area contributed by atoms with Gasteiger partial charge in [-0.1, -0.05) is 91.0 Å². The van der Waals surface area contributed by atoms with Crippen LogP contribution in [0.1, 0.15) is 0 Å². The largest absolute Gasteiger partial charge is 0.292 e. The number of hydrogen-bond acceptors (Lipinski definition) is 3. The van der Waals surface area contributed by atoms with Crippen molar-refractivity contribution in [3.05, 3.63) is 140 Å². The van der Waals surface area contributed by atoms with Gasteiger partial charge in [0.05, 0.1) is 27.5 Å². The summed E-state index contributed by atoms with van der Waals surface area (Å²) in [6.45, 7) is 0. The molecule has 3 nitrogen and oxygen atoms in total. The Labute approximate surface area is 256 Å². The van der Waals surface area contributed by atoms with E-state index in [-0.39, 0.29) is 0 Å². The molecule has 0 N–H and O–H groups in total. The van der Waals surface area contributed by atoms with Crippen molar-refractivity contribution in [2.24, 2.45) is 0 Å². The fourth-order valence-corrected chi connectivity index (χ4v) is 8.24. The molecule has 204 valence electrons. The molecule has 0 bridgehead atoms. The molecule has 0 spiro atoms. The summed E-state index contributed by atoms with van der Waals surface area (Å²) in [5.41, 5.74) is 10.1. The number of rotatable bonds is 2. The quantitative estimate of drug-likeness (QED) is 0.191. The number of para-hydroxylation sites is 2. The molecule has 0 saturated carbocycles. The highest BCUT2D eigenvalue weighted by Crippen LogP contribution is 2.41.